The third kappa shape index (κ3) is 1.67. The van der Waals surface area contributed by atoms with Gasteiger partial charge in [0.05, 0.1) is 0 Å². The minimum atomic E-state index is -0.554. The molecule has 3 rings (SSSR count). The Labute approximate surface area is 93.9 Å². The fourth-order valence-electron chi connectivity index (χ4n) is 1.73. The van der Waals surface area contributed by atoms with Crippen LogP contribution in [0.1, 0.15) is 11.4 Å². The number of hydrogen-bond acceptors (Lipinski definition) is 3. The van der Waals surface area contributed by atoms with Crippen molar-refractivity contribution in [1.82, 2.24) is 24.9 Å². The summed E-state index contributed by atoms with van der Waals surface area (Å²) >= 11 is 0. The summed E-state index contributed by atoms with van der Waals surface area (Å²) in [5.74, 6) is 0.631. The van der Waals surface area contributed by atoms with E-state index in [0.29, 0.717) is 12.2 Å². The Morgan fingerprint density at radius 1 is 1.18 bits per heavy atom. The van der Waals surface area contributed by atoms with Gasteiger partial charge >= 0.3 is 5.69 Å². The number of imidazole rings is 1. The van der Waals surface area contributed by atoms with E-state index in [1.807, 2.05) is 18.5 Å². The molecule has 0 bridgehead atoms. The van der Waals surface area contributed by atoms with Gasteiger partial charge in [0.25, 0.3) is 5.56 Å². The highest BCUT2D eigenvalue weighted by Gasteiger charge is 2.08. The summed E-state index contributed by atoms with van der Waals surface area (Å²) in [5, 5.41) is 0. The number of rotatable bonds is 2. The van der Waals surface area contributed by atoms with E-state index in [4.69, 9.17) is 0 Å². The molecule has 7 nitrogen and oxygen atoms in total. The SMILES string of the molecule is O=c1[nH]c(=O)c2[nH]c(Cc3cc[nH]c3)nc2[nH]1. The first-order valence-corrected chi connectivity index (χ1v) is 5.05. The summed E-state index contributed by atoms with van der Waals surface area (Å²) in [6.45, 7) is 0. The van der Waals surface area contributed by atoms with E-state index in [-0.39, 0.29) is 11.2 Å². The van der Waals surface area contributed by atoms with Crippen LogP contribution in [0.3, 0.4) is 0 Å². The predicted molar refractivity (Wildman–Crippen MR) is 60.9 cm³/mol. The van der Waals surface area contributed by atoms with E-state index in [2.05, 4.69) is 24.9 Å². The molecule has 7 heteroatoms. The number of aromatic amines is 4. The molecule has 0 unspecified atom stereocenters. The topological polar surface area (TPSA) is 110 Å². The van der Waals surface area contributed by atoms with Crippen molar-refractivity contribution in [2.75, 3.05) is 0 Å². The fraction of sp³-hybridized carbons (Fsp3) is 0.100. The van der Waals surface area contributed by atoms with Gasteiger partial charge in [0.15, 0.2) is 5.65 Å². The third-order valence-electron chi connectivity index (χ3n) is 2.47. The predicted octanol–water partition coefficient (Wildman–Crippen LogP) is -0.142. The minimum absolute atomic E-state index is 0.282. The summed E-state index contributed by atoms with van der Waals surface area (Å²) < 4.78 is 0. The number of H-pyrrole nitrogens is 4. The Morgan fingerprint density at radius 3 is 2.82 bits per heavy atom. The van der Waals surface area contributed by atoms with Gasteiger partial charge in [-0.2, -0.15) is 0 Å². The van der Waals surface area contributed by atoms with Crippen molar-refractivity contribution < 1.29 is 0 Å². The second kappa shape index (κ2) is 3.48. The summed E-state index contributed by atoms with van der Waals surface area (Å²) in [4.78, 5) is 37.1. The largest absolute Gasteiger partial charge is 0.367 e. The average molecular weight is 231 g/mol. The summed E-state index contributed by atoms with van der Waals surface area (Å²) in [7, 11) is 0. The number of nitrogens with one attached hydrogen (secondary N) is 4. The van der Waals surface area contributed by atoms with Crippen molar-refractivity contribution in [2.24, 2.45) is 0 Å². The van der Waals surface area contributed by atoms with Gasteiger partial charge < -0.3 is 9.97 Å². The van der Waals surface area contributed by atoms with Crippen molar-refractivity contribution in [1.29, 1.82) is 0 Å². The second-order valence-corrected chi connectivity index (χ2v) is 3.71. The molecule has 3 heterocycles. The highest BCUT2D eigenvalue weighted by Crippen LogP contribution is 2.07. The molecule has 0 amide bonds. The van der Waals surface area contributed by atoms with Crippen LogP contribution in [-0.4, -0.2) is 24.9 Å². The zero-order valence-corrected chi connectivity index (χ0v) is 8.70. The van der Waals surface area contributed by atoms with Gasteiger partial charge in [0, 0.05) is 18.8 Å². The summed E-state index contributed by atoms with van der Waals surface area (Å²) in [6.07, 6.45) is 4.23. The minimum Gasteiger partial charge on any atom is -0.367 e. The van der Waals surface area contributed by atoms with E-state index < -0.39 is 11.2 Å². The lowest BCUT2D eigenvalue weighted by Gasteiger charge is -1.90. The monoisotopic (exact) mass is 231 g/mol. The van der Waals surface area contributed by atoms with Gasteiger partial charge in [-0.25, -0.2) is 9.78 Å². The van der Waals surface area contributed by atoms with Crippen molar-refractivity contribution in [3.05, 3.63) is 50.7 Å². The van der Waals surface area contributed by atoms with Crippen molar-refractivity contribution in [3.63, 3.8) is 0 Å². The fourth-order valence-corrected chi connectivity index (χ4v) is 1.73. The molecule has 3 aromatic rings. The molecular formula is C10H9N5O2. The number of aromatic nitrogens is 5. The lowest BCUT2D eigenvalue weighted by molar-refractivity contribution is 1.03. The molecule has 0 aliphatic carbocycles. The van der Waals surface area contributed by atoms with E-state index >= 15 is 0 Å². The lowest BCUT2D eigenvalue weighted by atomic mass is 10.2. The van der Waals surface area contributed by atoms with Gasteiger partial charge in [-0.05, 0) is 11.6 Å². The number of fused-ring (bicyclic) bond motifs is 1. The molecule has 0 radical (unpaired) electrons. The Morgan fingerprint density at radius 2 is 2.06 bits per heavy atom. The smallest absolute Gasteiger partial charge is 0.327 e. The normalized spacial score (nSPS) is 11.1. The Balaban J connectivity index is 2.11. The lowest BCUT2D eigenvalue weighted by Crippen LogP contribution is -2.21. The first kappa shape index (κ1) is 9.64. The maximum atomic E-state index is 11.5. The first-order valence-electron chi connectivity index (χ1n) is 5.05. The van der Waals surface area contributed by atoms with Crippen molar-refractivity contribution in [3.8, 4) is 0 Å². The molecule has 0 saturated carbocycles. The quantitative estimate of drug-likeness (QED) is 0.492. The van der Waals surface area contributed by atoms with Gasteiger partial charge in [-0.15, -0.1) is 0 Å². The number of nitrogens with zero attached hydrogens (tertiary/aromatic N) is 1. The van der Waals surface area contributed by atoms with Crippen LogP contribution in [0, 0.1) is 0 Å². The Kier molecular flexibility index (Phi) is 1.97. The molecule has 0 aliphatic rings. The third-order valence-corrected chi connectivity index (χ3v) is 2.47. The van der Waals surface area contributed by atoms with E-state index in [0.717, 1.165) is 5.56 Å². The zero-order valence-electron chi connectivity index (χ0n) is 8.70. The highest BCUT2D eigenvalue weighted by molar-refractivity contribution is 5.68. The number of hydrogen-bond donors (Lipinski definition) is 4. The molecule has 4 N–H and O–H groups in total. The zero-order chi connectivity index (χ0) is 11.8. The van der Waals surface area contributed by atoms with E-state index in [9.17, 15) is 9.59 Å². The molecule has 0 saturated heterocycles. The first-order chi connectivity index (χ1) is 8.22. The molecule has 17 heavy (non-hydrogen) atoms. The Hall–Kier alpha value is -2.57. The molecule has 0 spiro atoms. The maximum absolute atomic E-state index is 11.5. The van der Waals surface area contributed by atoms with Crippen LogP contribution in [0.5, 0.6) is 0 Å². The standard InChI is InChI=1S/C10H9N5O2/c16-9-7-8(14-10(17)15-9)13-6(12-7)3-5-1-2-11-4-5/h1-2,4,11H,3H2,(H3,12,13,14,15,16,17). The van der Waals surface area contributed by atoms with E-state index in [1.54, 1.807) is 0 Å². The maximum Gasteiger partial charge on any atom is 0.327 e. The van der Waals surface area contributed by atoms with Gasteiger partial charge in [0.2, 0.25) is 0 Å². The molecule has 86 valence electrons. The van der Waals surface area contributed by atoms with Crippen LogP contribution in [0.2, 0.25) is 0 Å². The molecule has 0 fully saturated rings. The van der Waals surface area contributed by atoms with Crippen molar-refractivity contribution in [2.45, 2.75) is 6.42 Å². The molecule has 0 aliphatic heterocycles. The molecule has 0 aromatic carbocycles. The van der Waals surface area contributed by atoms with Crippen LogP contribution >= 0.6 is 0 Å². The van der Waals surface area contributed by atoms with Gasteiger partial charge in [-0.3, -0.25) is 14.8 Å². The second-order valence-electron chi connectivity index (χ2n) is 3.71. The molecule has 3 aromatic heterocycles. The Bertz CT molecular complexity index is 762. The van der Waals surface area contributed by atoms with Gasteiger partial charge in [-0.1, -0.05) is 0 Å². The average Bonchev–Trinajstić information content (AvgIpc) is 2.87. The molecular weight excluding hydrogens is 222 g/mol. The summed E-state index contributed by atoms with van der Waals surface area (Å²) in [5.41, 5.74) is 0.598. The van der Waals surface area contributed by atoms with Crippen LogP contribution < -0.4 is 11.2 Å². The van der Waals surface area contributed by atoms with Crippen LogP contribution in [0.4, 0.5) is 0 Å². The van der Waals surface area contributed by atoms with E-state index in [1.165, 1.54) is 0 Å². The van der Waals surface area contributed by atoms with Crippen molar-refractivity contribution >= 4 is 11.2 Å². The highest BCUT2D eigenvalue weighted by atomic mass is 16.2. The summed E-state index contributed by atoms with van der Waals surface area (Å²) in [6, 6.07) is 1.92. The van der Waals surface area contributed by atoms with Crippen LogP contribution in [0.25, 0.3) is 11.2 Å². The van der Waals surface area contributed by atoms with Crippen LogP contribution in [0.15, 0.2) is 28.0 Å². The van der Waals surface area contributed by atoms with Gasteiger partial charge in [0.1, 0.15) is 11.3 Å². The van der Waals surface area contributed by atoms with Crippen LogP contribution in [-0.2, 0) is 6.42 Å². The molecule has 0 atom stereocenters.